The molecule has 1 unspecified atom stereocenters. The number of oxazole rings is 1. The summed E-state index contributed by atoms with van der Waals surface area (Å²) in [4.78, 5) is 28.5. The molecular weight excluding hydrogens is 294 g/mol. The number of benzene rings is 1. The molecule has 0 bridgehead atoms. The average molecular weight is 313 g/mol. The fraction of sp³-hybridized carbons (Fsp3) is 0.353. The lowest BCUT2D eigenvalue weighted by molar-refractivity contribution is -0.131. The van der Waals surface area contributed by atoms with Gasteiger partial charge in [0.25, 0.3) is 0 Å². The molecule has 0 saturated carbocycles. The van der Waals surface area contributed by atoms with E-state index >= 15 is 0 Å². The molecule has 0 spiro atoms. The van der Waals surface area contributed by atoms with E-state index in [0.29, 0.717) is 37.4 Å². The summed E-state index contributed by atoms with van der Waals surface area (Å²) in [7, 11) is 0. The Hall–Kier alpha value is -2.63. The zero-order chi connectivity index (χ0) is 16.3. The number of nitrogens with zero attached hydrogens (tertiary/aromatic N) is 1. The summed E-state index contributed by atoms with van der Waals surface area (Å²) in [6.07, 6.45) is 2.20. The van der Waals surface area contributed by atoms with Crippen molar-refractivity contribution < 1.29 is 14.0 Å². The largest absolute Gasteiger partial charge is 0.448 e. The minimum absolute atomic E-state index is 0.0169. The highest BCUT2D eigenvalue weighted by atomic mass is 16.3. The van der Waals surface area contributed by atoms with Crippen LogP contribution in [-0.4, -0.2) is 23.3 Å². The van der Waals surface area contributed by atoms with Gasteiger partial charge in [0.2, 0.25) is 11.8 Å². The van der Waals surface area contributed by atoms with Crippen molar-refractivity contribution in [1.29, 1.82) is 0 Å². The van der Waals surface area contributed by atoms with E-state index in [4.69, 9.17) is 4.42 Å². The Morgan fingerprint density at radius 2 is 2.17 bits per heavy atom. The fourth-order valence-electron chi connectivity index (χ4n) is 2.91. The molecule has 1 aromatic carbocycles. The number of aryl methyl sites for hydroxylation is 1. The van der Waals surface area contributed by atoms with Crippen LogP contribution < -0.4 is 10.6 Å². The molecule has 0 radical (unpaired) electrons. The van der Waals surface area contributed by atoms with E-state index in [-0.39, 0.29) is 11.8 Å². The van der Waals surface area contributed by atoms with Gasteiger partial charge >= 0.3 is 0 Å². The molecule has 6 heteroatoms. The summed E-state index contributed by atoms with van der Waals surface area (Å²) in [5.41, 5.74) is 0.878. The van der Waals surface area contributed by atoms with Crippen molar-refractivity contribution in [2.45, 2.75) is 31.7 Å². The zero-order valence-corrected chi connectivity index (χ0v) is 13.0. The number of rotatable bonds is 4. The zero-order valence-electron chi connectivity index (χ0n) is 13.0. The quantitative estimate of drug-likeness (QED) is 0.895. The molecule has 1 atom stereocenters. The first-order chi connectivity index (χ1) is 11.1. The maximum Gasteiger partial charge on any atom is 0.232 e. The van der Waals surface area contributed by atoms with E-state index in [1.807, 2.05) is 37.3 Å². The summed E-state index contributed by atoms with van der Waals surface area (Å²) in [5.74, 6) is 0.568. The monoisotopic (exact) mass is 313 g/mol. The first-order valence-electron chi connectivity index (χ1n) is 7.61. The van der Waals surface area contributed by atoms with Gasteiger partial charge in [-0.3, -0.25) is 9.59 Å². The Kier molecular flexibility index (Phi) is 4.14. The average Bonchev–Trinajstić information content (AvgIpc) is 2.99. The van der Waals surface area contributed by atoms with Crippen molar-refractivity contribution in [3.8, 4) is 0 Å². The van der Waals surface area contributed by atoms with Gasteiger partial charge in [-0.2, -0.15) is 0 Å². The van der Waals surface area contributed by atoms with Crippen LogP contribution in [0.5, 0.6) is 0 Å². The minimum atomic E-state index is -0.743. The van der Waals surface area contributed by atoms with Crippen LogP contribution in [0.2, 0.25) is 0 Å². The number of nitrogens with one attached hydrogen (secondary N) is 2. The lowest BCUT2D eigenvalue weighted by Crippen LogP contribution is -2.55. The first-order valence-corrected chi connectivity index (χ1v) is 7.61. The maximum absolute atomic E-state index is 12.9. The fourth-order valence-corrected chi connectivity index (χ4v) is 2.91. The molecule has 1 aromatic heterocycles. The third-order valence-electron chi connectivity index (χ3n) is 4.39. The number of amides is 2. The lowest BCUT2D eigenvalue weighted by atomic mass is 9.73. The number of hydrogen-bond acceptors (Lipinski definition) is 4. The number of piperidine rings is 1. The third-order valence-corrected chi connectivity index (χ3v) is 4.39. The first kappa shape index (κ1) is 15.3. The molecule has 0 aliphatic carbocycles. The van der Waals surface area contributed by atoms with Crippen LogP contribution in [0, 0.1) is 6.92 Å². The lowest BCUT2D eigenvalue weighted by Gasteiger charge is -2.36. The van der Waals surface area contributed by atoms with Crippen molar-refractivity contribution in [3.05, 3.63) is 53.7 Å². The Bertz CT molecular complexity index is 699. The molecule has 1 saturated heterocycles. The standard InChI is InChI=1S/C17H19N3O3/c1-12-14(20-11-23-12)9-18-16(22)17(8-7-15(21)19-10-17)13-5-3-2-4-6-13/h2-6,11H,7-10H2,1H3,(H,18,22)(H,19,21). The van der Waals surface area contributed by atoms with Gasteiger partial charge in [0.05, 0.1) is 12.0 Å². The molecule has 3 rings (SSSR count). The number of carbonyl (C=O) groups excluding carboxylic acids is 2. The van der Waals surface area contributed by atoms with Crippen LogP contribution in [0.3, 0.4) is 0 Å². The van der Waals surface area contributed by atoms with E-state index in [9.17, 15) is 9.59 Å². The van der Waals surface area contributed by atoms with E-state index in [1.165, 1.54) is 6.39 Å². The second kappa shape index (κ2) is 6.24. The molecular formula is C17H19N3O3. The second-order valence-corrected chi connectivity index (χ2v) is 5.76. The van der Waals surface area contributed by atoms with Gasteiger partial charge in [-0.15, -0.1) is 0 Å². The molecule has 2 amide bonds. The highest BCUT2D eigenvalue weighted by Gasteiger charge is 2.43. The topological polar surface area (TPSA) is 84.2 Å². The van der Waals surface area contributed by atoms with Gasteiger partial charge in [-0.1, -0.05) is 30.3 Å². The van der Waals surface area contributed by atoms with E-state index in [0.717, 1.165) is 5.56 Å². The van der Waals surface area contributed by atoms with Crippen LogP contribution in [0.25, 0.3) is 0 Å². The summed E-state index contributed by atoms with van der Waals surface area (Å²) < 4.78 is 5.15. The number of carbonyl (C=O) groups is 2. The summed E-state index contributed by atoms with van der Waals surface area (Å²) >= 11 is 0. The molecule has 1 fully saturated rings. The highest BCUT2D eigenvalue weighted by Crippen LogP contribution is 2.32. The van der Waals surface area contributed by atoms with E-state index in [1.54, 1.807) is 0 Å². The van der Waals surface area contributed by atoms with Crippen molar-refractivity contribution in [1.82, 2.24) is 15.6 Å². The van der Waals surface area contributed by atoms with Crippen molar-refractivity contribution in [3.63, 3.8) is 0 Å². The van der Waals surface area contributed by atoms with Crippen LogP contribution >= 0.6 is 0 Å². The Balaban J connectivity index is 1.82. The van der Waals surface area contributed by atoms with Crippen LogP contribution in [0.15, 0.2) is 41.1 Å². The van der Waals surface area contributed by atoms with E-state index in [2.05, 4.69) is 15.6 Å². The van der Waals surface area contributed by atoms with Crippen molar-refractivity contribution >= 4 is 11.8 Å². The maximum atomic E-state index is 12.9. The molecule has 6 nitrogen and oxygen atoms in total. The Morgan fingerprint density at radius 1 is 1.39 bits per heavy atom. The summed E-state index contributed by atoms with van der Waals surface area (Å²) in [6, 6.07) is 9.58. The van der Waals surface area contributed by atoms with Gasteiger partial charge in [-0.25, -0.2) is 4.98 Å². The van der Waals surface area contributed by atoms with Crippen LogP contribution in [0.4, 0.5) is 0 Å². The van der Waals surface area contributed by atoms with Crippen molar-refractivity contribution in [2.75, 3.05) is 6.54 Å². The molecule has 120 valence electrons. The predicted octanol–water partition coefficient (Wildman–Crippen LogP) is 1.45. The Morgan fingerprint density at radius 3 is 2.78 bits per heavy atom. The molecule has 23 heavy (non-hydrogen) atoms. The van der Waals surface area contributed by atoms with Crippen LogP contribution in [0.1, 0.15) is 29.9 Å². The van der Waals surface area contributed by atoms with Gasteiger partial charge in [0.1, 0.15) is 11.5 Å². The van der Waals surface area contributed by atoms with Gasteiger partial charge < -0.3 is 15.1 Å². The normalized spacial score (nSPS) is 20.8. The highest BCUT2D eigenvalue weighted by molar-refractivity contribution is 5.91. The molecule has 2 heterocycles. The predicted molar refractivity (Wildman–Crippen MR) is 83.5 cm³/mol. The van der Waals surface area contributed by atoms with Gasteiger partial charge in [0, 0.05) is 13.0 Å². The second-order valence-electron chi connectivity index (χ2n) is 5.76. The SMILES string of the molecule is Cc1ocnc1CNC(=O)C1(c2ccccc2)CCC(=O)NC1. The Labute approximate surface area is 134 Å². The smallest absolute Gasteiger partial charge is 0.232 e. The number of hydrogen-bond donors (Lipinski definition) is 2. The van der Waals surface area contributed by atoms with Gasteiger partial charge in [-0.05, 0) is 18.9 Å². The number of aromatic nitrogens is 1. The third kappa shape index (κ3) is 2.97. The molecule has 1 aliphatic rings. The van der Waals surface area contributed by atoms with Gasteiger partial charge in [0.15, 0.2) is 6.39 Å². The van der Waals surface area contributed by atoms with Crippen molar-refractivity contribution in [2.24, 2.45) is 0 Å². The molecule has 1 aliphatic heterocycles. The van der Waals surface area contributed by atoms with E-state index < -0.39 is 5.41 Å². The summed E-state index contributed by atoms with van der Waals surface area (Å²) in [5, 5.41) is 5.76. The van der Waals surface area contributed by atoms with Crippen LogP contribution in [-0.2, 0) is 21.5 Å². The minimum Gasteiger partial charge on any atom is -0.448 e. The molecule has 2 N–H and O–H groups in total. The summed E-state index contributed by atoms with van der Waals surface area (Å²) in [6.45, 7) is 2.42. The molecule has 2 aromatic rings.